The molecule has 10 aromatic rings. The normalized spacial score (nSPS) is 11.3. The van der Waals surface area contributed by atoms with Crippen molar-refractivity contribution in [3.05, 3.63) is 224 Å². The molecule has 0 amide bonds. The van der Waals surface area contributed by atoms with Gasteiger partial charge in [0.15, 0.2) is 0 Å². The first-order valence-electron chi connectivity index (χ1n) is 18.8. The Hall–Kier alpha value is -7.36. The number of rotatable bonds is 8. The lowest BCUT2D eigenvalue weighted by molar-refractivity contribution is 1.18. The van der Waals surface area contributed by atoms with Gasteiger partial charge in [0.25, 0.3) is 0 Å². The van der Waals surface area contributed by atoms with Crippen molar-refractivity contribution in [1.82, 2.24) is 4.57 Å². The summed E-state index contributed by atoms with van der Waals surface area (Å²) >= 11 is 0. The zero-order chi connectivity index (χ0) is 36.6. The molecule has 0 unspecified atom stereocenters. The van der Waals surface area contributed by atoms with Crippen LogP contribution in [0.3, 0.4) is 0 Å². The van der Waals surface area contributed by atoms with E-state index in [0.717, 1.165) is 45.3 Å². The van der Waals surface area contributed by atoms with E-state index in [1.165, 1.54) is 38.2 Å². The molecule has 0 aliphatic heterocycles. The van der Waals surface area contributed by atoms with E-state index in [4.69, 9.17) is 0 Å². The maximum Gasteiger partial charge on any atom is 0.0620 e. The van der Waals surface area contributed by atoms with Crippen molar-refractivity contribution < 1.29 is 0 Å². The minimum absolute atomic E-state index is 1.06. The molecule has 3 nitrogen and oxygen atoms in total. The first kappa shape index (κ1) is 32.3. The molecule has 0 aliphatic carbocycles. The quantitative estimate of drug-likeness (QED) is 0.156. The predicted molar refractivity (Wildman–Crippen MR) is 233 cm³/mol. The van der Waals surface area contributed by atoms with Gasteiger partial charge in [-0.3, -0.25) is 0 Å². The van der Waals surface area contributed by atoms with E-state index in [0.29, 0.717) is 0 Å². The summed E-state index contributed by atoms with van der Waals surface area (Å²) in [5.41, 5.74) is 12.3. The molecule has 55 heavy (non-hydrogen) atoms. The van der Waals surface area contributed by atoms with Crippen molar-refractivity contribution in [3.63, 3.8) is 0 Å². The average Bonchev–Trinajstić information content (AvgIpc) is 3.61. The van der Waals surface area contributed by atoms with Crippen molar-refractivity contribution in [2.75, 3.05) is 9.80 Å². The molecule has 260 valence electrons. The van der Waals surface area contributed by atoms with Crippen LogP contribution in [0.4, 0.5) is 34.1 Å². The number of fused-ring (bicyclic) bond motifs is 5. The molecule has 0 spiro atoms. The molecule has 10 rings (SSSR count). The fraction of sp³-hybridized carbons (Fsp3) is 0. The Bertz CT molecular complexity index is 2810. The third-order valence-corrected chi connectivity index (χ3v) is 10.5. The van der Waals surface area contributed by atoms with Gasteiger partial charge in [0.1, 0.15) is 0 Å². The van der Waals surface area contributed by atoms with Crippen LogP contribution in [0.25, 0.3) is 49.4 Å². The molecule has 0 saturated heterocycles. The Labute approximate surface area is 321 Å². The van der Waals surface area contributed by atoms with Crippen molar-refractivity contribution >= 4 is 66.7 Å². The summed E-state index contributed by atoms with van der Waals surface area (Å²) in [6, 6.07) is 80.6. The van der Waals surface area contributed by atoms with E-state index < -0.39 is 0 Å². The zero-order valence-corrected chi connectivity index (χ0v) is 30.2. The van der Waals surface area contributed by atoms with E-state index in [2.05, 4.69) is 239 Å². The summed E-state index contributed by atoms with van der Waals surface area (Å²) in [5, 5.41) is 4.81. The molecule has 0 aliphatic rings. The summed E-state index contributed by atoms with van der Waals surface area (Å²) in [6.07, 6.45) is 0. The van der Waals surface area contributed by atoms with Gasteiger partial charge in [-0.1, -0.05) is 152 Å². The second-order valence-electron chi connectivity index (χ2n) is 13.8. The van der Waals surface area contributed by atoms with Crippen molar-refractivity contribution in [3.8, 4) is 16.8 Å². The van der Waals surface area contributed by atoms with Gasteiger partial charge in [-0.15, -0.1) is 0 Å². The highest BCUT2D eigenvalue weighted by Crippen LogP contribution is 2.49. The van der Waals surface area contributed by atoms with Crippen LogP contribution in [0.1, 0.15) is 0 Å². The lowest BCUT2D eigenvalue weighted by Crippen LogP contribution is -2.14. The van der Waals surface area contributed by atoms with Gasteiger partial charge >= 0.3 is 0 Å². The van der Waals surface area contributed by atoms with Crippen LogP contribution in [0.15, 0.2) is 224 Å². The summed E-state index contributed by atoms with van der Waals surface area (Å²) in [7, 11) is 0. The first-order chi connectivity index (χ1) is 27.3. The number of aromatic nitrogens is 1. The van der Waals surface area contributed by atoms with Crippen molar-refractivity contribution in [2.45, 2.75) is 0 Å². The molecule has 0 atom stereocenters. The predicted octanol–water partition coefficient (Wildman–Crippen LogP) is 14.5. The number of hydrogen-bond donors (Lipinski definition) is 0. The first-order valence-corrected chi connectivity index (χ1v) is 18.8. The fourth-order valence-corrected chi connectivity index (χ4v) is 8.06. The highest BCUT2D eigenvalue weighted by atomic mass is 15.2. The Morgan fingerprint density at radius 2 is 0.800 bits per heavy atom. The topological polar surface area (TPSA) is 11.4 Å². The van der Waals surface area contributed by atoms with Gasteiger partial charge in [0.05, 0.1) is 22.4 Å². The summed E-state index contributed by atoms with van der Waals surface area (Å²) < 4.78 is 2.48. The molecular weight excluding hydrogens is 667 g/mol. The molecule has 9 aromatic carbocycles. The molecule has 0 N–H and O–H groups in total. The molecule has 1 aromatic heterocycles. The Kier molecular flexibility index (Phi) is 8.16. The molecule has 0 fully saturated rings. The van der Waals surface area contributed by atoms with Gasteiger partial charge in [-0.25, -0.2) is 0 Å². The molecule has 0 bridgehead atoms. The van der Waals surface area contributed by atoms with E-state index in [1.54, 1.807) is 0 Å². The number of para-hydroxylation sites is 4. The molecule has 0 radical (unpaired) electrons. The number of benzene rings is 9. The minimum atomic E-state index is 1.06. The standard InChI is InChI=1S/C52H37N3/c1-6-18-38(19-7-1)39-30-33-45(34-31-39)55-50-37-46(53(41-21-8-2-9-22-41)42-23-10-3-11-24-42)36-49(51(50)48-35-32-40-20-16-17-29-47(40)52(48)55)54(43-25-12-4-13-26-43)44-27-14-5-15-28-44/h1-37H. The Morgan fingerprint density at radius 3 is 1.36 bits per heavy atom. The van der Waals surface area contributed by atoms with Crippen molar-refractivity contribution in [2.24, 2.45) is 0 Å². The Morgan fingerprint density at radius 1 is 0.327 bits per heavy atom. The smallest absolute Gasteiger partial charge is 0.0620 e. The van der Waals surface area contributed by atoms with Crippen LogP contribution in [-0.4, -0.2) is 4.57 Å². The van der Waals surface area contributed by atoms with Gasteiger partial charge in [0.2, 0.25) is 0 Å². The van der Waals surface area contributed by atoms with Crippen molar-refractivity contribution in [1.29, 1.82) is 0 Å². The van der Waals surface area contributed by atoms with E-state index in [-0.39, 0.29) is 0 Å². The van der Waals surface area contributed by atoms with E-state index in [9.17, 15) is 0 Å². The van der Waals surface area contributed by atoms with E-state index in [1.807, 2.05) is 0 Å². The highest BCUT2D eigenvalue weighted by Gasteiger charge is 2.25. The van der Waals surface area contributed by atoms with Crippen LogP contribution < -0.4 is 9.80 Å². The Balaban J connectivity index is 1.36. The number of anilines is 6. The van der Waals surface area contributed by atoms with Crippen LogP contribution in [0.5, 0.6) is 0 Å². The average molecular weight is 704 g/mol. The van der Waals surface area contributed by atoms with Crippen LogP contribution in [0, 0.1) is 0 Å². The number of nitrogens with zero attached hydrogens (tertiary/aromatic N) is 3. The minimum Gasteiger partial charge on any atom is -0.310 e. The summed E-state index contributed by atoms with van der Waals surface area (Å²) in [4.78, 5) is 4.78. The monoisotopic (exact) mass is 703 g/mol. The second-order valence-corrected chi connectivity index (χ2v) is 13.8. The third-order valence-electron chi connectivity index (χ3n) is 10.5. The van der Waals surface area contributed by atoms with Gasteiger partial charge in [-0.05, 0) is 89.3 Å². The highest BCUT2D eigenvalue weighted by molar-refractivity contribution is 6.23. The SMILES string of the molecule is c1ccc(-c2ccc(-n3c4cc(N(c5ccccc5)c5ccccc5)cc(N(c5ccccc5)c5ccccc5)c4c4ccc5ccccc5c43)cc2)cc1. The van der Waals surface area contributed by atoms with Gasteiger partial charge in [-0.2, -0.15) is 0 Å². The summed E-state index contributed by atoms with van der Waals surface area (Å²) in [5.74, 6) is 0. The van der Waals surface area contributed by atoms with E-state index >= 15 is 0 Å². The van der Waals surface area contributed by atoms with Crippen LogP contribution >= 0.6 is 0 Å². The van der Waals surface area contributed by atoms with Crippen LogP contribution in [-0.2, 0) is 0 Å². The fourth-order valence-electron chi connectivity index (χ4n) is 8.06. The maximum atomic E-state index is 2.48. The number of hydrogen-bond acceptors (Lipinski definition) is 2. The molecule has 3 heteroatoms. The van der Waals surface area contributed by atoms with Gasteiger partial charge < -0.3 is 14.4 Å². The lowest BCUT2D eigenvalue weighted by atomic mass is 10.0. The largest absolute Gasteiger partial charge is 0.310 e. The summed E-state index contributed by atoms with van der Waals surface area (Å²) in [6.45, 7) is 0. The molecular formula is C52H37N3. The lowest BCUT2D eigenvalue weighted by Gasteiger charge is -2.30. The molecule has 1 heterocycles. The third kappa shape index (κ3) is 5.80. The molecule has 0 saturated carbocycles. The second kappa shape index (κ2) is 13.9. The van der Waals surface area contributed by atoms with Crippen LogP contribution in [0.2, 0.25) is 0 Å². The maximum absolute atomic E-state index is 2.48. The van der Waals surface area contributed by atoms with Gasteiger partial charge in [0, 0.05) is 44.6 Å². The zero-order valence-electron chi connectivity index (χ0n) is 30.2.